The Bertz CT molecular complexity index is 784. The molecule has 0 aromatic heterocycles. The number of unbranched alkanes of at least 4 members (excludes halogenated alkanes) is 10. The number of rotatable bonds is 16. The molecule has 0 saturated carbocycles. The number of nitrogens with one attached hydrogen (secondary N) is 1. The molecule has 0 bridgehead atoms. The van der Waals surface area contributed by atoms with E-state index in [4.69, 9.17) is 6.15 Å². The van der Waals surface area contributed by atoms with Crippen LogP contribution in [-0.4, -0.2) is 83.9 Å². The molecular formula is C31H59N3O4Sn. The van der Waals surface area contributed by atoms with Gasteiger partial charge in [0, 0.05) is 0 Å². The van der Waals surface area contributed by atoms with Gasteiger partial charge in [-0.15, -0.1) is 0 Å². The van der Waals surface area contributed by atoms with Crippen molar-refractivity contribution >= 4 is 31.1 Å². The molecule has 226 valence electrons. The second-order valence-corrected chi connectivity index (χ2v) is 23.5. The maximum absolute atomic E-state index is 13.9. The van der Waals surface area contributed by atoms with Crippen LogP contribution in [0.5, 0.6) is 0 Å². The maximum atomic E-state index is 13.9. The van der Waals surface area contributed by atoms with Crippen LogP contribution in [0.2, 0.25) is 8.87 Å². The van der Waals surface area contributed by atoms with Crippen molar-refractivity contribution in [2.24, 2.45) is 0 Å². The van der Waals surface area contributed by atoms with E-state index in [0.717, 1.165) is 8.87 Å². The molecule has 3 amide bonds. The van der Waals surface area contributed by atoms with Crippen molar-refractivity contribution in [3.63, 3.8) is 0 Å². The number of piperidine rings is 1. The summed E-state index contributed by atoms with van der Waals surface area (Å²) in [6, 6.07) is -0.265. The number of urea groups is 1. The van der Waals surface area contributed by atoms with E-state index in [-0.39, 0.29) is 29.1 Å². The first-order valence-corrected chi connectivity index (χ1v) is 22.5. The molecule has 0 radical (unpaired) electrons. The number of imide groups is 1. The first-order valence-electron chi connectivity index (χ1n) is 16.1. The van der Waals surface area contributed by atoms with Gasteiger partial charge in [0.2, 0.25) is 0 Å². The average molecular weight is 657 g/mol. The Morgan fingerprint density at radius 3 is 1.82 bits per heavy atom. The summed E-state index contributed by atoms with van der Waals surface area (Å²) in [5.41, 5.74) is -1.24. The second kappa shape index (κ2) is 14.2. The molecule has 7 nitrogen and oxygen atoms in total. The predicted octanol–water partition coefficient (Wildman–Crippen LogP) is 7.14. The van der Waals surface area contributed by atoms with Crippen molar-refractivity contribution in [3.8, 4) is 0 Å². The van der Waals surface area contributed by atoms with Crippen molar-refractivity contribution < 1.29 is 15.7 Å². The van der Waals surface area contributed by atoms with Crippen molar-refractivity contribution in [3.05, 3.63) is 0 Å². The molecule has 3 aliphatic rings. The zero-order chi connectivity index (χ0) is 28.7. The van der Waals surface area contributed by atoms with E-state index in [1.54, 1.807) is 0 Å². The van der Waals surface area contributed by atoms with Crippen molar-refractivity contribution in [2.45, 2.75) is 163 Å². The third-order valence-electron chi connectivity index (χ3n) is 9.65. The van der Waals surface area contributed by atoms with Gasteiger partial charge >= 0.3 is 245 Å². The first-order chi connectivity index (χ1) is 18.4. The Morgan fingerprint density at radius 1 is 0.821 bits per heavy atom. The summed E-state index contributed by atoms with van der Waals surface area (Å²) in [6.07, 6.45) is 16.3. The topological polar surface area (TPSA) is 71.1 Å². The molecule has 1 atom stereocenters. The van der Waals surface area contributed by atoms with E-state index in [0.29, 0.717) is 26.0 Å². The molecule has 1 N–H and O–H groups in total. The van der Waals surface area contributed by atoms with Crippen LogP contribution in [0.3, 0.4) is 0 Å². The predicted molar refractivity (Wildman–Crippen MR) is 161 cm³/mol. The molecule has 3 rings (SSSR count). The van der Waals surface area contributed by atoms with E-state index in [1.165, 1.54) is 81.9 Å². The Kier molecular flexibility index (Phi) is 12.1. The van der Waals surface area contributed by atoms with Crippen LogP contribution < -0.4 is 5.32 Å². The molecule has 3 heterocycles. The fourth-order valence-electron chi connectivity index (χ4n) is 7.32. The zero-order valence-corrected chi connectivity index (χ0v) is 29.2. The third kappa shape index (κ3) is 8.35. The zero-order valence-electron chi connectivity index (χ0n) is 26.3. The van der Waals surface area contributed by atoms with E-state index in [9.17, 15) is 9.59 Å². The summed E-state index contributed by atoms with van der Waals surface area (Å²) >= 11 is -3.23. The van der Waals surface area contributed by atoms with E-state index in [2.05, 4.69) is 58.8 Å². The number of amides is 3. The number of likely N-dealkylation sites (tertiary alicyclic amines) is 1. The van der Waals surface area contributed by atoms with Crippen LogP contribution >= 0.6 is 0 Å². The first kappa shape index (κ1) is 33.1. The van der Waals surface area contributed by atoms with Crippen LogP contribution in [0.25, 0.3) is 0 Å². The quantitative estimate of drug-likeness (QED) is 0.109. The number of hydrogen-bond acceptors (Lipinski definition) is 5. The SMILES string of the molecule is CCCCCCC[CH2][Sn]1([CH2]CCCCCCC)[O]CC(CN2C(=O)NC3(CC(C)(C)N(C)C(C)(C)C3)C2=O)[O]1. The molecule has 1 unspecified atom stereocenters. The van der Waals surface area contributed by atoms with Crippen molar-refractivity contribution in [1.29, 1.82) is 0 Å². The minimum atomic E-state index is -3.23. The van der Waals surface area contributed by atoms with E-state index in [1.807, 2.05) is 0 Å². The number of hydrogen-bond donors (Lipinski definition) is 1. The van der Waals surface area contributed by atoms with E-state index >= 15 is 0 Å². The van der Waals surface area contributed by atoms with Gasteiger partial charge in [0.1, 0.15) is 0 Å². The standard InChI is InChI=1S/C15H25N3O4.2C8H17.Sn/c1-13(2)8-15(9-14(3,4)17(13)5)11(21)18(12(22)16-15)6-10(20)7-19;2*1-3-5-7-8-6-4-2;/h10H,6-9H2,1-5H3,(H,16,22);2*1,3-8H2,2H3;/q-2;;;+2. The Balaban J connectivity index is 1.61. The fourth-order valence-corrected chi connectivity index (χ4v) is 17.8. The summed E-state index contributed by atoms with van der Waals surface area (Å²) < 4.78 is 15.7. The van der Waals surface area contributed by atoms with Crippen molar-refractivity contribution in [1.82, 2.24) is 15.1 Å². The third-order valence-corrected chi connectivity index (χ3v) is 20.2. The molecule has 0 aliphatic carbocycles. The normalized spacial score (nSPS) is 25.5. The molecule has 0 aromatic rings. The van der Waals surface area contributed by atoms with Crippen LogP contribution in [0, 0.1) is 0 Å². The summed E-state index contributed by atoms with van der Waals surface area (Å²) in [6.45, 7) is 14.0. The second-order valence-electron chi connectivity index (χ2n) is 14.0. The number of carbonyl (C=O) groups excluding carboxylic acids is 2. The van der Waals surface area contributed by atoms with E-state index < -0.39 is 24.7 Å². The Morgan fingerprint density at radius 2 is 1.31 bits per heavy atom. The van der Waals surface area contributed by atoms with Gasteiger partial charge in [-0.05, 0) is 0 Å². The van der Waals surface area contributed by atoms with Gasteiger partial charge in [0.15, 0.2) is 0 Å². The molecule has 3 aliphatic heterocycles. The van der Waals surface area contributed by atoms with Crippen LogP contribution in [0.15, 0.2) is 0 Å². The molecule has 0 aromatic carbocycles. The van der Waals surface area contributed by atoms with Gasteiger partial charge in [-0.1, -0.05) is 0 Å². The van der Waals surface area contributed by atoms with Crippen LogP contribution in [0.1, 0.15) is 131 Å². The fraction of sp³-hybridized carbons (Fsp3) is 0.935. The van der Waals surface area contributed by atoms with Gasteiger partial charge in [0.05, 0.1) is 0 Å². The number of nitrogens with zero attached hydrogens (tertiary/aromatic N) is 2. The molecule has 3 saturated heterocycles. The Labute approximate surface area is 244 Å². The summed E-state index contributed by atoms with van der Waals surface area (Å²) in [5, 5.41) is 3.14. The molecule has 39 heavy (non-hydrogen) atoms. The van der Waals surface area contributed by atoms with Gasteiger partial charge < -0.3 is 0 Å². The van der Waals surface area contributed by atoms with Crippen LogP contribution in [-0.2, 0) is 10.9 Å². The van der Waals surface area contributed by atoms with Gasteiger partial charge in [-0.2, -0.15) is 0 Å². The minimum absolute atomic E-state index is 0.0788. The van der Waals surface area contributed by atoms with Crippen LogP contribution in [0.4, 0.5) is 4.79 Å². The van der Waals surface area contributed by atoms with Crippen molar-refractivity contribution in [2.75, 3.05) is 20.2 Å². The summed E-state index contributed by atoms with van der Waals surface area (Å²) in [4.78, 5) is 30.9. The molecular weight excluding hydrogens is 597 g/mol. The summed E-state index contributed by atoms with van der Waals surface area (Å²) in [7, 11) is 2.12. The van der Waals surface area contributed by atoms with Gasteiger partial charge in [-0.3, -0.25) is 0 Å². The molecule has 8 heteroatoms. The monoisotopic (exact) mass is 657 g/mol. The summed E-state index contributed by atoms with van der Waals surface area (Å²) in [5.74, 6) is -0.0788. The molecule has 1 spiro atoms. The average Bonchev–Trinajstić information content (AvgIpc) is 3.36. The number of carbonyl (C=O) groups is 2. The molecule has 3 fully saturated rings. The van der Waals surface area contributed by atoms with Gasteiger partial charge in [-0.25, -0.2) is 0 Å². The Hall–Kier alpha value is -0.381. The van der Waals surface area contributed by atoms with Gasteiger partial charge in [0.25, 0.3) is 0 Å².